The third-order valence-electron chi connectivity index (χ3n) is 3.11. The molecule has 0 spiro atoms. The van der Waals surface area contributed by atoms with Crippen LogP contribution in [0.1, 0.15) is 0 Å². The molecule has 0 amide bonds. The second-order valence-corrected chi connectivity index (χ2v) is 5.79. The predicted molar refractivity (Wildman–Crippen MR) is 90.0 cm³/mol. The Bertz CT molecular complexity index is 575. The summed E-state index contributed by atoms with van der Waals surface area (Å²) < 4.78 is 8.52. The number of aliphatic hydroxyl groups excluding tert-OH is 1. The lowest BCUT2D eigenvalue weighted by Gasteiger charge is -2.16. The fourth-order valence-electron chi connectivity index (χ4n) is 2.15. The summed E-state index contributed by atoms with van der Waals surface area (Å²) >= 11 is 1.62. The van der Waals surface area contributed by atoms with E-state index in [-0.39, 0.29) is 6.61 Å². The van der Waals surface area contributed by atoms with Crippen LogP contribution in [0.15, 0.2) is 41.3 Å². The van der Waals surface area contributed by atoms with Crippen LogP contribution in [-0.2, 0) is 4.74 Å². The molecule has 0 fully saturated rings. The molecule has 2 aromatic carbocycles. The minimum atomic E-state index is 0.0732. The average Bonchev–Trinajstić information content (AvgIpc) is 2.50. The Morgan fingerprint density at radius 3 is 2.62 bits per heavy atom. The molecule has 4 nitrogen and oxygen atoms in total. The van der Waals surface area contributed by atoms with Crippen LogP contribution < -0.4 is 9.62 Å². The molecule has 0 unspecified atom stereocenters. The topological polar surface area (TPSA) is 44.7 Å². The summed E-state index contributed by atoms with van der Waals surface area (Å²) in [5.74, 6) is 0. The van der Waals surface area contributed by atoms with Crippen molar-refractivity contribution in [2.75, 3.05) is 45.4 Å². The maximum atomic E-state index is 8.64. The molecule has 5 heteroatoms. The van der Waals surface area contributed by atoms with Gasteiger partial charge in [-0.15, -0.1) is 0 Å². The summed E-state index contributed by atoms with van der Waals surface area (Å²) in [6.07, 6.45) is 0. The Morgan fingerprint density at radius 1 is 1.10 bits per heavy atom. The smallest absolute Gasteiger partial charge is 0.0698 e. The van der Waals surface area contributed by atoms with Crippen molar-refractivity contribution in [2.45, 2.75) is 4.90 Å². The summed E-state index contributed by atoms with van der Waals surface area (Å²) in [6, 6.07) is 12.7. The van der Waals surface area contributed by atoms with Gasteiger partial charge in [0.15, 0.2) is 0 Å². The molecule has 2 rings (SSSR count). The van der Waals surface area contributed by atoms with Gasteiger partial charge in [-0.1, -0.05) is 24.3 Å². The van der Waals surface area contributed by atoms with Crippen molar-refractivity contribution < 1.29 is 9.84 Å². The predicted octanol–water partition coefficient (Wildman–Crippen LogP) is 2.51. The Labute approximate surface area is 130 Å². The van der Waals surface area contributed by atoms with E-state index in [1.807, 2.05) is 0 Å². The number of hydrogen-bond donors (Lipinski definition) is 2. The molecule has 0 aromatic heterocycles. The monoisotopic (exact) mass is 306 g/mol. The van der Waals surface area contributed by atoms with Gasteiger partial charge in [-0.3, -0.25) is 4.72 Å². The molecule has 0 aliphatic rings. The molecule has 0 saturated heterocycles. The molecule has 0 heterocycles. The average molecular weight is 306 g/mol. The molecule has 0 bridgehead atoms. The molecule has 2 N–H and O–H groups in total. The lowest BCUT2D eigenvalue weighted by molar-refractivity contribution is 0.0964. The second kappa shape index (κ2) is 8.24. The van der Waals surface area contributed by atoms with Crippen molar-refractivity contribution in [1.82, 2.24) is 4.72 Å². The third kappa shape index (κ3) is 4.35. The number of ether oxygens (including phenoxy) is 1. The van der Waals surface area contributed by atoms with E-state index in [0.29, 0.717) is 13.2 Å². The van der Waals surface area contributed by atoms with Crippen LogP contribution in [0.5, 0.6) is 0 Å². The van der Waals surface area contributed by atoms with Crippen LogP contribution in [0.3, 0.4) is 0 Å². The highest BCUT2D eigenvalue weighted by Gasteiger charge is 2.06. The van der Waals surface area contributed by atoms with Gasteiger partial charge < -0.3 is 14.7 Å². The zero-order valence-electron chi connectivity index (χ0n) is 12.5. The van der Waals surface area contributed by atoms with E-state index in [9.17, 15) is 0 Å². The number of nitrogens with one attached hydrogen (secondary N) is 1. The fraction of sp³-hybridized carbons (Fsp3) is 0.375. The van der Waals surface area contributed by atoms with E-state index in [4.69, 9.17) is 9.84 Å². The normalized spacial score (nSPS) is 11.0. The molecule has 0 radical (unpaired) electrons. The number of hydrogen-bond acceptors (Lipinski definition) is 5. The first-order valence-corrected chi connectivity index (χ1v) is 7.83. The third-order valence-corrected chi connectivity index (χ3v) is 4.03. The number of rotatable bonds is 8. The second-order valence-electron chi connectivity index (χ2n) is 4.86. The summed E-state index contributed by atoms with van der Waals surface area (Å²) in [6.45, 7) is 1.81. The fourth-order valence-corrected chi connectivity index (χ4v) is 2.93. The largest absolute Gasteiger partial charge is 0.394 e. The van der Waals surface area contributed by atoms with Crippen molar-refractivity contribution in [2.24, 2.45) is 0 Å². The van der Waals surface area contributed by atoms with Crippen LogP contribution >= 0.6 is 11.9 Å². The Balaban J connectivity index is 2.05. The van der Waals surface area contributed by atoms with Gasteiger partial charge in [0, 0.05) is 36.6 Å². The van der Waals surface area contributed by atoms with E-state index in [0.717, 1.165) is 6.54 Å². The van der Waals surface area contributed by atoms with Crippen molar-refractivity contribution in [1.29, 1.82) is 0 Å². The Morgan fingerprint density at radius 2 is 1.86 bits per heavy atom. The minimum absolute atomic E-state index is 0.0732. The van der Waals surface area contributed by atoms with E-state index < -0.39 is 0 Å². The molecular weight excluding hydrogens is 284 g/mol. The summed E-state index contributed by atoms with van der Waals surface area (Å²) in [5, 5.41) is 11.1. The maximum Gasteiger partial charge on any atom is 0.0698 e. The maximum absolute atomic E-state index is 8.64. The number of benzene rings is 2. The number of aliphatic hydroxyl groups is 1. The SMILES string of the molecule is CN(C)c1cccc2c(SNCCOCCO)cccc12. The quantitative estimate of drug-likeness (QED) is 0.579. The van der Waals surface area contributed by atoms with E-state index in [1.54, 1.807) is 11.9 Å². The zero-order chi connectivity index (χ0) is 15.1. The van der Waals surface area contributed by atoms with Gasteiger partial charge in [-0.05, 0) is 29.5 Å². The molecule has 2 aromatic rings. The van der Waals surface area contributed by atoms with Crippen LogP contribution in [0, 0.1) is 0 Å². The molecule has 21 heavy (non-hydrogen) atoms. The molecule has 0 aliphatic carbocycles. The number of nitrogens with zero attached hydrogens (tertiary/aromatic N) is 1. The molecule has 0 aliphatic heterocycles. The minimum Gasteiger partial charge on any atom is -0.394 e. The van der Waals surface area contributed by atoms with Gasteiger partial charge in [-0.25, -0.2) is 0 Å². The van der Waals surface area contributed by atoms with E-state index in [2.05, 4.69) is 60.1 Å². The zero-order valence-corrected chi connectivity index (χ0v) is 13.3. The summed E-state index contributed by atoms with van der Waals surface area (Å²) in [5.41, 5.74) is 1.22. The van der Waals surface area contributed by atoms with Crippen molar-refractivity contribution in [3.63, 3.8) is 0 Å². The Kier molecular flexibility index (Phi) is 6.32. The standard InChI is InChI=1S/C16H22N2O2S/c1-18(2)15-7-3-6-14-13(15)5-4-8-16(14)21-17-9-11-20-12-10-19/h3-8,17,19H,9-12H2,1-2H3. The molecule has 0 saturated carbocycles. The van der Waals surface area contributed by atoms with Crippen LogP contribution in [0.25, 0.3) is 10.8 Å². The van der Waals surface area contributed by atoms with Crippen molar-refractivity contribution in [3.05, 3.63) is 36.4 Å². The number of fused-ring (bicyclic) bond motifs is 1. The van der Waals surface area contributed by atoms with E-state index >= 15 is 0 Å². The van der Waals surface area contributed by atoms with Gasteiger partial charge >= 0.3 is 0 Å². The highest BCUT2D eigenvalue weighted by atomic mass is 32.2. The van der Waals surface area contributed by atoms with Crippen LogP contribution in [0.4, 0.5) is 5.69 Å². The lowest BCUT2D eigenvalue weighted by atomic mass is 10.1. The number of anilines is 1. The first kappa shape index (κ1) is 16.1. The molecular formula is C16H22N2O2S. The molecule has 0 atom stereocenters. The first-order valence-electron chi connectivity index (χ1n) is 7.01. The van der Waals surface area contributed by atoms with Gasteiger partial charge in [0.25, 0.3) is 0 Å². The van der Waals surface area contributed by atoms with Crippen LogP contribution in [-0.4, -0.2) is 45.6 Å². The van der Waals surface area contributed by atoms with Gasteiger partial charge in [0.05, 0.1) is 19.8 Å². The van der Waals surface area contributed by atoms with Gasteiger partial charge in [0.1, 0.15) is 0 Å². The van der Waals surface area contributed by atoms with Crippen molar-refractivity contribution >= 4 is 28.4 Å². The van der Waals surface area contributed by atoms with Gasteiger partial charge in [0.2, 0.25) is 0 Å². The highest BCUT2D eigenvalue weighted by molar-refractivity contribution is 7.97. The van der Waals surface area contributed by atoms with Gasteiger partial charge in [-0.2, -0.15) is 0 Å². The van der Waals surface area contributed by atoms with Crippen LogP contribution in [0.2, 0.25) is 0 Å². The summed E-state index contributed by atoms with van der Waals surface area (Å²) in [4.78, 5) is 3.34. The van der Waals surface area contributed by atoms with E-state index in [1.165, 1.54) is 21.4 Å². The first-order chi connectivity index (χ1) is 10.2. The molecule has 114 valence electrons. The summed E-state index contributed by atoms with van der Waals surface area (Å²) in [7, 11) is 4.12. The van der Waals surface area contributed by atoms with Crippen molar-refractivity contribution in [3.8, 4) is 0 Å². The lowest BCUT2D eigenvalue weighted by Crippen LogP contribution is -2.14. The highest BCUT2D eigenvalue weighted by Crippen LogP contribution is 2.31. The Hall–Kier alpha value is -1.27.